The van der Waals surface area contributed by atoms with Crippen molar-refractivity contribution in [2.75, 3.05) is 0 Å². The summed E-state index contributed by atoms with van der Waals surface area (Å²) in [5.41, 5.74) is 0.492. The van der Waals surface area contributed by atoms with Gasteiger partial charge in [0.05, 0.1) is 5.69 Å². The van der Waals surface area contributed by atoms with Gasteiger partial charge in [-0.1, -0.05) is 0 Å². The number of rotatable bonds is 1. The molecule has 0 aliphatic rings. The standard InChI is InChI=1S/C8H8F3NO2/c1-4-5(2)14-7(12-4)3-6(13)8(9,10)11/h3,13H,1-2H3/b6-3-. The van der Waals surface area contributed by atoms with Gasteiger partial charge in [0.1, 0.15) is 5.76 Å². The number of aliphatic hydroxyl groups excluding tert-OH is 1. The summed E-state index contributed by atoms with van der Waals surface area (Å²) in [6, 6.07) is 0. The van der Waals surface area contributed by atoms with Crippen LogP contribution in [-0.4, -0.2) is 16.3 Å². The van der Waals surface area contributed by atoms with Crippen LogP contribution in [0.2, 0.25) is 0 Å². The highest BCUT2D eigenvalue weighted by Gasteiger charge is 2.34. The maximum atomic E-state index is 11.9. The molecule has 14 heavy (non-hydrogen) atoms. The molecule has 0 saturated carbocycles. The summed E-state index contributed by atoms with van der Waals surface area (Å²) >= 11 is 0. The van der Waals surface area contributed by atoms with E-state index in [1.807, 2.05) is 0 Å². The molecule has 0 spiro atoms. The van der Waals surface area contributed by atoms with Gasteiger partial charge in [0.25, 0.3) is 0 Å². The predicted molar refractivity (Wildman–Crippen MR) is 42.6 cm³/mol. The Hall–Kier alpha value is -1.46. The average Bonchev–Trinajstić information content (AvgIpc) is 2.29. The van der Waals surface area contributed by atoms with Crippen LogP contribution in [0, 0.1) is 13.8 Å². The van der Waals surface area contributed by atoms with E-state index in [0.29, 0.717) is 17.5 Å². The third kappa shape index (κ3) is 2.27. The Labute approximate surface area is 77.9 Å². The molecule has 0 radical (unpaired) electrons. The van der Waals surface area contributed by atoms with Gasteiger partial charge in [0.15, 0.2) is 0 Å². The normalized spacial score (nSPS) is 13.4. The molecule has 0 bridgehead atoms. The summed E-state index contributed by atoms with van der Waals surface area (Å²) in [4.78, 5) is 3.66. The molecule has 78 valence electrons. The van der Waals surface area contributed by atoms with Crippen molar-refractivity contribution in [3.63, 3.8) is 0 Å². The molecule has 0 aliphatic heterocycles. The first-order valence-corrected chi connectivity index (χ1v) is 3.72. The maximum Gasteiger partial charge on any atom is 0.448 e. The van der Waals surface area contributed by atoms with Crippen LogP contribution in [0.4, 0.5) is 13.2 Å². The van der Waals surface area contributed by atoms with Crippen LogP contribution in [0.15, 0.2) is 10.2 Å². The summed E-state index contributed by atoms with van der Waals surface area (Å²) in [5.74, 6) is -1.56. The van der Waals surface area contributed by atoms with E-state index in [1.54, 1.807) is 13.8 Å². The lowest BCUT2D eigenvalue weighted by atomic mass is 10.4. The quantitative estimate of drug-likeness (QED) is 0.720. The van der Waals surface area contributed by atoms with E-state index >= 15 is 0 Å². The largest absolute Gasteiger partial charge is 0.504 e. The summed E-state index contributed by atoms with van der Waals surface area (Å²) in [5, 5.41) is 8.58. The molecule has 1 aromatic heterocycles. The summed E-state index contributed by atoms with van der Waals surface area (Å²) < 4.78 is 40.4. The molecule has 0 aliphatic carbocycles. The molecule has 0 fully saturated rings. The minimum absolute atomic E-state index is 0.255. The first kappa shape index (κ1) is 10.6. The highest BCUT2D eigenvalue weighted by molar-refractivity contribution is 5.43. The molecule has 1 N–H and O–H groups in total. The third-order valence-electron chi connectivity index (χ3n) is 1.60. The lowest BCUT2D eigenvalue weighted by Gasteiger charge is -2.02. The fraction of sp³-hybridized carbons (Fsp3) is 0.375. The van der Waals surface area contributed by atoms with Crippen LogP contribution in [-0.2, 0) is 0 Å². The molecule has 0 atom stereocenters. The molecule has 0 unspecified atom stereocenters. The predicted octanol–water partition coefficient (Wildman–Crippen LogP) is 2.75. The van der Waals surface area contributed by atoms with Gasteiger partial charge in [0, 0.05) is 6.08 Å². The minimum Gasteiger partial charge on any atom is -0.504 e. The van der Waals surface area contributed by atoms with Gasteiger partial charge in [-0.15, -0.1) is 0 Å². The first-order chi connectivity index (χ1) is 6.30. The minimum atomic E-state index is -4.77. The number of hydrogen-bond acceptors (Lipinski definition) is 3. The van der Waals surface area contributed by atoms with Crippen LogP contribution in [0.3, 0.4) is 0 Å². The third-order valence-corrected chi connectivity index (χ3v) is 1.60. The topological polar surface area (TPSA) is 46.3 Å². The Morgan fingerprint density at radius 1 is 1.43 bits per heavy atom. The second-order valence-corrected chi connectivity index (χ2v) is 2.72. The number of nitrogens with zero attached hydrogens (tertiary/aromatic N) is 1. The number of aliphatic hydroxyl groups is 1. The van der Waals surface area contributed by atoms with Crippen molar-refractivity contribution >= 4 is 6.08 Å². The van der Waals surface area contributed by atoms with Crippen LogP contribution in [0.1, 0.15) is 17.3 Å². The zero-order valence-electron chi connectivity index (χ0n) is 7.51. The van der Waals surface area contributed by atoms with Crippen LogP contribution in [0.5, 0.6) is 0 Å². The van der Waals surface area contributed by atoms with E-state index in [4.69, 9.17) is 9.52 Å². The zero-order chi connectivity index (χ0) is 10.9. The van der Waals surface area contributed by atoms with Crippen LogP contribution >= 0.6 is 0 Å². The lowest BCUT2D eigenvalue weighted by Crippen LogP contribution is -2.10. The molecule has 0 saturated heterocycles. The van der Waals surface area contributed by atoms with Crippen molar-refractivity contribution in [2.45, 2.75) is 20.0 Å². The van der Waals surface area contributed by atoms with Gasteiger partial charge in [-0.3, -0.25) is 0 Å². The summed E-state index contributed by atoms with van der Waals surface area (Å²) in [6.45, 7) is 3.17. The van der Waals surface area contributed by atoms with E-state index in [2.05, 4.69) is 4.98 Å². The number of aromatic nitrogens is 1. The highest BCUT2D eigenvalue weighted by atomic mass is 19.4. The molecule has 1 heterocycles. The van der Waals surface area contributed by atoms with Gasteiger partial charge in [-0.05, 0) is 13.8 Å². The van der Waals surface area contributed by atoms with Gasteiger partial charge in [0.2, 0.25) is 11.6 Å². The molecule has 0 amide bonds. The molecule has 6 heteroatoms. The number of oxazole rings is 1. The van der Waals surface area contributed by atoms with Crippen molar-refractivity contribution in [1.82, 2.24) is 4.98 Å². The SMILES string of the molecule is Cc1nc(/C=C(\O)C(F)(F)F)oc1C. The molecule has 1 rings (SSSR count). The van der Waals surface area contributed by atoms with Crippen molar-refractivity contribution in [3.05, 3.63) is 23.1 Å². The Bertz CT molecular complexity index is 346. The van der Waals surface area contributed by atoms with E-state index in [-0.39, 0.29) is 5.89 Å². The smallest absolute Gasteiger partial charge is 0.448 e. The fourth-order valence-corrected chi connectivity index (χ4v) is 0.758. The van der Waals surface area contributed by atoms with Crippen LogP contribution in [0.25, 0.3) is 6.08 Å². The average molecular weight is 207 g/mol. The Morgan fingerprint density at radius 2 is 2.00 bits per heavy atom. The number of alkyl halides is 3. The number of allylic oxidation sites excluding steroid dienone is 1. The van der Waals surface area contributed by atoms with E-state index < -0.39 is 11.9 Å². The number of hydrogen-bond donors (Lipinski definition) is 1. The Morgan fingerprint density at radius 3 is 2.36 bits per heavy atom. The Balaban J connectivity index is 2.98. The van der Waals surface area contributed by atoms with E-state index in [0.717, 1.165) is 0 Å². The zero-order valence-corrected chi connectivity index (χ0v) is 7.51. The van der Waals surface area contributed by atoms with E-state index in [9.17, 15) is 13.2 Å². The second-order valence-electron chi connectivity index (χ2n) is 2.72. The molecular weight excluding hydrogens is 199 g/mol. The van der Waals surface area contributed by atoms with Crippen molar-refractivity contribution in [1.29, 1.82) is 0 Å². The monoisotopic (exact) mass is 207 g/mol. The molecule has 0 aromatic carbocycles. The first-order valence-electron chi connectivity index (χ1n) is 3.72. The van der Waals surface area contributed by atoms with Gasteiger partial charge in [-0.25, -0.2) is 4.98 Å². The van der Waals surface area contributed by atoms with Crippen molar-refractivity contribution in [2.24, 2.45) is 0 Å². The second kappa shape index (κ2) is 3.36. The van der Waals surface area contributed by atoms with Crippen LogP contribution < -0.4 is 0 Å². The summed E-state index contributed by atoms with van der Waals surface area (Å²) in [7, 11) is 0. The van der Waals surface area contributed by atoms with Gasteiger partial charge < -0.3 is 9.52 Å². The fourth-order valence-electron chi connectivity index (χ4n) is 0.758. The molecule has 3 nitrogen and oxygen atoms in total. The van der Waals surface area contributed by atoms with E-state index in [1.165, 1.54) is 0 Å². The number of aryl methyl sites for hydroxylation is 2. The highest BCUT2D eigenvalue weighted by Crippen LogP contribution is 2.25. The summed E-state index contributed by atoms with van der Waals surface area (Å²) in [6.07, 6.45) is -4.32. The number of halogens is 3. The maximum absolute atomic E-state index is 11.9. The lowest BCUT2D eigenvalue weighted by molar-refractivity contribution is -0.119. The van der Waals surface area contributed by atoms with Gasteiger partial charge in [-0.2, -0.15) is 13.2 Å². The van der Waals surface area contributed by atoms with Crippen molar-refractivity contribution in [3.8, 4) is 0 Å². The molecular formula is C8H8F3NO2. The van der Waals surface area contributed by atoms with Crippen molar-refractivity contribution < 1.29 is 22.7 Å². The Kier molecular flexibility index (Phi) is 2.55. The van der Waals surface area contributed by atoms with Gasteiger partial charge >= 0.3 is 6.18 Å². The molecule has 1 aromatic rings.